The number of rotatable bonds is 7. The molecule has 3 aromatic rings. The molecule has 0 radical (unpaired) electrons. The third-order valence-electron chi connectivity index (χ3n) is 3.67. The second kappa shape index (κ2) is 7.72. The molecule has 2 aromatic heterocycles. The number of thioether (sulfide) groups is 1. The molecule has 0 amide bonds. The lowest BCUT2D eigenvalue weighted by Crippen LogP contribution is -2.09. The minimum atomic E-state index is 0.0509. The smallest absolute Gasteiger partial charge is 0.192 e. The Balaban J connectivity index is 1.83. The molecule has 0 saturated heterocycles. The van der Waals surface area contributed by atoms with Crippen LogP contribution in [-0.4, -0.2) is 30.9 Å². The van der Waals surface area contributed by atoms with Crippen LogP contribution in [0.3, 0.4) is 0 Å². The van der Waals surface area contributed by atoms with Crippen molar-refractivity contribution in [3.8, 4) is 11.4 Å². The van der Waals surface area contributed by atoms with E-state index in [1.54, 1.807) is 6.08 Å². The van der Waals surface area contributed by atoms with Crippen LogP contribution in [0.4, 0.5) is 0 Å². The van der Waals surface area contributed by atoms with Crippen LogP contribution in [0.15, 0.2) is 60.4 Å². The highest BCUT2D eigenvalue weighted by Crippen LogP contribution is 2.26. The molecule has 5 nitrogen and oxygen atoms in total. The van der Waals surface area contributed by atoms with E-state index in [4.69, 9.17) is 11.6 Å². The Kier molecular flexibility index (Phi) is 5.40. The number of aryl methyl sites for hydroxylation is 1. The summed E-state index contributed by atoms with van der Waals surface area (Å²) in [7, 11) is 1.86. The average Bonchev–Trinajstić information content (AvgIpc) is 3.19. The highest BCUT2D eigenvalue weighted by Gasteiger charge is 2.16. The molecule has 0 saturated carbocycles. The summed E-state index contributed by atoms with van der Waals surface area (Å²) in [6.07, 6.45) is 3.63. The molecule has 7 heteroatoms. The minimum absolute atomic E-state index is 0.0509. The summed E-state index contributed by atoms with van der Waals surface area (Å²) in [4.78, 5) is 12.4. The third-order valence-corrected chi connectivity index (χ3v) is 4.87. The normalized spacial score (nSPS) is 10.8. The summed E-state index contributed by atoms with van der Waals surface area (Å²) >= 11 is 7.44. The standard InChI is InChI=1S/C18H17ClN4OS/c1-3-9-23-17(13-6-4-7-14(19)11-13)20-21-18(23)25-12-16(24)15-8-5-10-22(15)2/h3-8,10-11H,1,9,12H2,2H3. The second-order valence-corrected chi connectivity index (χ2v) is 6.81. The Labute approximate surface area is 155 Å². The topological polar surface area (TPSA) is 52.7 Å². The molecule has 0 N–H and O–H groups in total. The number of allylic oxidation sites excluding steroid dienone is 1. The van der Waals surface area contributed by atoms with Gasteiger partial charge in [-0.15, -0.1) is 16.8 Å². The molecule has 2 heterocycles. The number of hydrogen-bond donors (Lipinski definition) is 0. The van der Waals surface area contributed by atoms with Crippen LogP contribution in [-0.2, 0) is 13.6 Å². The number of aromatic nitrogens is 4. The van der Waals surface area contributed by atoms with Crippen LogP contribution in [0.25, 0.3) is 11.4 Å². The van der Waals surface area contributed by atoms with Crippen molar-refractivity contribution in [3.05, 3.63) is 66.0 Å². The maximum atomic E-state index is 12.4. The molecule has 128 valence electrons. The largest absolute Gasteiger partial charge is 0.348 e. The van der Waals surface area contributed by atoms with Crippen LogP contribution >= 0.6 is 23.4 Å². The van der Waals surface area contributed by atoms with Crippen molar-refractivity contribution in [1.29, 1.82) is 0 Å². The highest BCUT2D eigenvalue weighted by atomic mass is 35.5. The molecule has 0 aliphatic heterocycles. The molecule has 3 rings (SSSR count). The fourth-order valence-corrected chi connectivity index (χ4v) is 3.50. The number of benzene rings is 1. The van der Waals surface area contributed by atoms with Gasteiger partial charge < -0.3 is 4.57 Å². The van der Waals surface area contributed by atoms with E-state index in [1.807, 2.05) is 58.8 Å². The second-order valence-electron chi connectivity index (χ2n) is 5.43. The quantitative estimate of drug-likeness (QED) is 0.356. The van der Waals surface area contributed by atoms with Gasteiger partial charge in [0, 0.05) is 30.4 Å². The van der Waals surface area contributed by atoms with E-state index >= 15 is 0 Å². The van der Waals surface area contributed by atoms with Gasteiger partial charge in [0.25, 0.3) is 0 Å². The van der Waals surface area contributed by atoms with E-state index in [1.165, 1.54) is 11.8 Å². The first-order valence-corrected chi connectivity index (χ1v) is 9.04. The summed E-state index contributed by atoms with van der Waals surface area (Å²) in [6, 6.07) is 11.1. The van der Waals surface area contributed by atoms with Crippen molar-refractivity contribution in [1.82, 2.24) is 19.3 Å². The Hall–Kier alpha value is -2.31. The van der Waals surface area contributed by atoms with Gasteiger partial charge in [-0.1, -0.05) is 41.6 Å². The van der Waals surface area contributed by atoms with E-state index in [-0.39, 0.29) is 5.78 Å². The van der Waals surface area contributed by atoms with Crippen LogP contribution in [0, 0.1) is 0 Å². The predicted molar refractivity (Wildman–Crippen MR) is 101 cm³/mol. The fourth-order valence-electron chi connectivity index (χ4n) is 2.49. The molecule has 0 fully saturated rings. The molecule has 0 aliphatic rings. The SMILES string of the molecule is C=CCn1c(SCC(=O)c2cccn2C)nnc1-c1cccc(Cl)c1. The highest BCUT2D eigenvalue weighted by molar-refractivity contribution is 7.99. The van der Waals surface area contributed by atoms with Crippen molar-refractivity contribution in [2.75, 3.05) is 5.75 Å². The first-order valence-electron chi connectivity index (χ1n) is 7.67. The van der Waals surface area contributed by atoms with Crippen LogP contribution in [0.5, 0.6) is 0 Å². The molecule has 0 atom stereocenters. The van der Waals surface area contributed by atoms with Gasteiger partial charge in [0.15, 0.2) is 16.8 Å². The molecule has 0 spiro atoms. The van der Waals surface area contributed by atoms with Crippen LogP contribution < -0.4 is 0 Å². The van der Waals surface area contributed by atoms with Crippen LogP contribution in [0.1, 0.15) is 10.5 Å². The number of carbonyl (C=O) groups is 1. The van der Waals surface area contributed by atoms with Crippen LogP contribution in [0.2, 0.25) is 5.02 Å². The van der Waals surface area contributed by atoms with E-state index in [2.05, 4.69) is 16.8 Å². The van der Waals surface area contributed by atoms with Crippen molar-refractivity contribution in [2.24, 2.45) is 7.05 Å². The number of carbonyl (C=O) groups excluding carboxylic acids is 1. The van der Waals surface area contributed by atoms with Gasteiger partial charge in [0.05, 0.1) is 11.4 Å². The lowest BCUT2D eigenvalue weighted by atomic mass is 10.2. The van der Waals surface area contributed by atoms with Gasteiger partial charge in [-0.2, -0.15) is 0 Å². The maximum absolute atomic E-state index is 12.4. The van der Waals surface area contributed by atoms with Crippen molar-refractivity contribution in [3.63, 3.8) is 0 Å². The van der Waals surface area contributed by atoms with Gasteiger partial charge in [-0.3, -0.25) is 9.36 Å². The number of nitrogens with zero attached hydrogens (tertiary/aromatic N) is 4. The maximum Gasteiger partial charge on any atom is 0.192 e. The zero-order valence-corrected chi connectivity index (χ0v) is 15.3. The minimum Gasteiger partial charge on any atom is -0.348 e. The zero-order valence-electron chi connectivity index (χ0n) is 13.7. The first-order chi connectivity index (χ1) is 12.1. The Morgan fingerprint density at radius 3 is 2.84 bits per heavy atom. The molecule has 25 heavy (non-hydrogen) atoms. The predicted octanol–water partition coefficient (Wildman–Crippen LogP) is 4.10. The van der Waals surface area contributed by atoms with E-state index in [0.29, 0.717) is 34.0 Å². The third kappa shape index (κ3) is 3.86. The van der Waals surface area contributed by atoms with Gasteiger partial charge >= 0.3 is 0 Å². The summed E-state index contributed by atoms with van der Waals surface area (Å²) in [5, 5.41) is 9.83. The van der Waals surface area contributed by atoms with Gasteiger partial charge in [0.2, 0.25) is 0 Å². The lowest BCUT2D eigenvalue weighted by Gasteiger charge is -2.08. The molecule has 1 aromatic carbocycles. The number of hydrogen-bond acceptors (Lipinski definition) is 4. The van der Waals surface area contributed by atoms with Crippen molar-refractivity contribution >= 4 is 29.1 Å². The van der Waals surface area contributed by atoms with Gasteiger partial charge in [-0.05, 0) is 24.3 Å². The van der Waals surface area contributed by atoms with E-state index < -0.39 is 0 Å². The first kappa shape index (κ1) is 17.5. The average molecular weight is 373 g/mol. The van der Waals surface area contributed by atoms with E-state index in [9.17, 15) is 4.79 Å². The van der Waals surface area contributed by atoms with Gasteiger partial charge in [0.1, 0.15) is 0 Å². The number of ketones is 1. The Morgan fingerprint density at radius 1 is 1.32 bits per heavy atom. The van der Waals surface area contributed by atoms with Crippen molar-refractivity contribution in [2.45, 2.75) is 11.7 Å². The summed E-state index contributed by atoms with van der Waals surface area (Å²) in [5.74, 6) is 1.05. The molecule has 0 bridgehead atoms. The molecular formula is C18H17ClN4OS. The van der Waals surface area contributed by atoms with Crippen molar-refractivity contribution < 1.29 is 4.79 Å². The summed E-state index contributed by atoms with van der Waals surface area (Å²) in [5.41, 5.74) is 1.56. The fraction of sp³-hybridized carbons (Fsp3) is 0.167. The number of Topliss-reactive ketones (excluding diaryl/α,β-unsaturated/α-hetero) is 1. The van der Waals surface area contributed by atoms with E-state index in [0.717, 1.165) is 5.56 Å². The zero-order chi connectivity index (χ0) is 17.8. The Bertz CT molecular complexity index is 915. The molecular weight excluding hydrogens is 356 g/mol. The summed E-state index contributed by atoms with van der Waals surface area (Å²) < 4.78 is 3.75. The van der Waals surface area contributed by atoms with Gasteiger partial charge in [-0.25, -0.2) is 0 Å². The molecule has 0 aliphatic carbocycles. The molecule has 0 unspecified atom stereocenters. The number of halogens is 1. The Morgan fingerprint density at radius 2 is 2.16 bits per heavy atom. The summed E-state index contributed by atoms with van der Waals surface area (Å²) in [6.45, 7) is 4.35. The monoisotopic (exact) mass is 372 g/mol. The lowest BCUT2D eigenvalue weighted by molar-refractivity contribution is 0.101.